The lowest BCUT2D eigenvalue weighted by Gasteiger charge is -2.26. The van der Waals surface area contributed by atoms with Crippen LogP contribution in [0.3, 0.4) is 0 Å². The maximum absolute atomic E-state index is 7.03. The van der Waals surface area contributed by atoms with Crippen molar-refractivity contribution in [3.63, 3.8) is 0 Å². The summed E-state index contributed by atoms with van der Waals surface area (Å²) < 4.78 is 7.03. The SMILES string of the molecule is c1ccc(-c2ccc(N(c3ccccc3)c3cccc4oc5c(-c6ccc7c8ccccc8c8ccccc8c7c6)c6ccccc6cc5c34)cc2)cc1. The van der Waals surface area contributed by atoms with Gasteiger partial charge in [0.05, 0.1) is 11.1 Å². The van der Waals surface area contributed by atoms with Crippen LogP contribution in [0.1, 0.15) is 0 Å². The first-order valence-corrected chi connectivity index (χ1v) is 18.5. The van der Waals surface area contributed by atoms with Gasteiger partial charge in [-0.2, -0.15) is 0 Å². The van der Waals surface area contributed by atoms with E-state index in [0.29, 0.717) is 0 Å². The lowest BCUT2D eigenvalue weighted by atomic mass is 9.90. The van der Waals surface area contributed by atoms with E-state index in [1.807, 2.05) is 0 Å². The third-order valence-corrected chi connectivity index (χ3v) is 11.0. The predicted molar refractivity (Wildman–Crippen MR) is 229 cm³/mol. The molecular weight excluding hydrogens is 655 g/mol. The standard InChI is InChI=1S/C52H33NO/c1-3-14-34(15-4-1)35-26-29-39(30-27-35)53(38-17-5-2-6-18-38)48-24-13-25-49-51(48)47-32-36-16-7-8-19-40(36)50(52(47)54-49)37-28-31-45-43-22-10-9-20-41(43)42-21-11-12-23-44(42)46(45)33-37/h1-33H. The summed E-state index contributed by atoms with van der Waals surface area (Å²) in [7, 11) is 0. The van der Waals surface area contributed by atoms with Gasteiger partial charge in [0.15, 0.2) is 0 Å². The number of hydrogen-bond acceptors (Lipinski definition) is 2. The Bertz CT molecular complexity index is 3160. The van der Waals surface area contributed by atoms with E-state index >= 15 is 0 Å². The topological polar surface area (TPSA) is 16.4 Å². The summed E-state index contributed by atoms with van der Waals surface area (Å²) in [5.74, 6) is 0. The van der Waals surface area contributed by atoms with Gasteiger partial charge in [-0.1, -0.05) is 152 Å². The Morgan fingerprint density at radius 3 is 1.57 bits per heavy atom. The minimum atomic E-state index is 0.859. The number of para-hydroxylation sites is 1. The van der Waals surface area contributed by atoms with E-state index in [4.69, 9.17) is 4.42 Å². The fourth-order valence-electron chi connectivity index (χ4n) is 8.58. The van der Waals surface area contributed by atoms with Crippen LogP contribution in [0, 0.1) is 0 Å². The molecule has 0 saturated carbocycles. The van der Waals surface area contributed by atoms with Crippen LogP contribution in [0.15, 0.2) is 205 Å². The fourth-order valence-corrected chi connectivity index (χ4v) is 8.58. The first kappa shape index (κ1) is 30.5. The van der Waals surface area contributed by atoms with Crippen molar-refractivity contribution in [1.29, 1.82) is 0 Å². The predicted octanol–water partition coefficient (Wildman–Crippen LogP) is 15.0. The molecule has 11 aromatic rings. The zero-order valence-corrected chi connectivity index (χ0v) is 29.4. The van der Waals surface area contributed by atoms with Crippen molar-refractivity contribution >= 4 is 82.1 Å². The zero-order valence-electron chi connectivity index (χ0n) is 29.4. The van der Waals surface area contributed by atoms with Gasteiger partial charge in [0.2, 0.25) is 0 Å². The third kappa shape index (κ3) is 4.74. The Kier molecular flexibility index (Phi) is 6.90. The maximum atomic E-state index is 7.03. The number of anilines is 3. The number of hydrogen-bond donors (Lipinski definition) is 0. The van der Waals surface area contributed by atoms with Crippen LogP contribution in [-0.2, 0) is 0 Å². The molecule has 252 valence electrons. The summed E-state index contributed by atoms with van der Waals surface area (Å²) in [6.45, 7) is 0. The first-order valence-electron chi connectivity index (χ1n) is 18.5. The summed E-state index contributed by atoms with van der Waals surface area (Å²) in [6, 6.07) is 72.0. The lowest BCUT2D eigenvalue weighted by Crippen LogP contribution is -2.10. The summed E-state index contributed by atoms with van der Waals surface area (Å²) in [5.41, 5.74) is 9.64. The Morgan fingerprint density at radius 1 is 0.333 bits per heavy atom. The number of rotatable bonds is 5. The second kappa shape index (κ2) is 12.2. The first-order chi connectivity index (χ1) is 26.8. The molecule has 1 heterocycles. The zero-order chi connectivity index (χ0) is 35.6. The van der Waals surface area contributed by atoms with Gasteiger partial charge in [-0.3, -0.25) is 0 Å². The van der Waals surface area contributed by atoms with E-state index in [1.165, 1.54) is 54.2 Å². The molecule has 0 bridgehead atoms. The van der Waals surface area contributed by atoms with Gasteiger partial charge in [0, 0.05) is 22.3 Å². The molecule has 0 N–H and O–H groups in total. The smallest absolute Gasteiger partial charge is 0.143 e. The Balaban J connectivity index is 1.18. The van der Waals surface area contributed by atoms with Crippen LogP contribution in [0.4, 0.5) is 17.1 Å². The molecule has 0 saturated heterocycles. The molecule has 2 heteroatoms. The fraction of sp³-hybridized carbons (Fsp3) is 0. The molecule has 0 atom stereocenters. The van der Waals surface area contributed by atoms with Crippen LogP contribution in [0.2, 0.25) is 0 Å². The van der Waals surface area contributed by atoms with E-state index < -0.39 is 0 Å². The van der Waals surface area contributed by atoms with E-state index in [2.05, 4.69) is 205 Å². The Hall–Kier alpha value is -7.16. The maximum Gasteiger partial charge on any atom is 0.143 e. The largest absolute Gasteiger partial charge is 0.455 e. The van der Waals surface area contributed by atoms with E-state index in [9.17, 15) is 0 Å². The highest BCUT2D eigenvalue weighted by atomic mass is 16.3. The number of furan rings is 1. The minimum absolute atomic E-state index is 0.859. The van der Waals surface area contributed by atoms with Gasteiger partial charge in [0.1, 0.15) is 11.2 Å². The molecule has 1 aromatic heterocycles. The molecule has 0 spiro atoms. The summed E-state index contributed by atoms with van der Waals surface area (Å²) in [5, 5.41) is 12.1. The lowest BCUT2D eigenvalue weighted by molar-refractivity contribution is 0.670. The Labute approximate surface area is 312 Å². The highest BCUT2D eigenvalue weighted by molar-refractivity contribution is 6.27. The van der Waals surface area contributed by atoms with Crippen LogP contribution < -0.4 is 4.90 Å². The van der Waals surface area contributed by atoms with E-state index in [0.717, 1.165) is 50.1 Å². The van der Waals surface area contributed by atoms with E-state index in [-0.39, 0.29) is 0 Å². The van der Waals surface area contributed by atoms with E-state index in [1.54, 1.807) is 0 Å². The van der Waals surface area contributed by atoms with Crippen molar-refractivity contribution in [2.45, 2.75) is 0 Å². The van der Waals surface area contributed by atoms with Crippen LogP contribution in [0.25, 0.3) is 87.3 Å². The van der Waals surface area contributed by atoms with Gasteiger partial charge in [-0.25, -0.2) is 0 Å². The highest BCUT2D eigenvalue weighted by Gasteiger charge is 2.23. The number of fused-ring (bicyclic) bond motifs is 10. The normalized spacial score (nSPS) is 11.7. The molecule has 0 aliphatic carbocycles. The molecule has 0 fully saturated rings. The average Bonchev–Trinajstić information content (AvgIpc) is 3.62. The summed E-state index contributed by atoms with van der Waals surface area (Å²) in [4.78, 5) is 2.36. The Morgan fingerprint density at radius 2 is 0.870 bits per heavy atom. The number of benzene rings is 10. The molecule has 10 aromatic carbocycles. The molecule has 11 rings (SSSR count). The molecule has 0 aliphatic rings. The molecule has 54 heavy (non-hydrogen) atoms. The molecule has 0 amide bonds. The van der Waals surface area contributed by atoms with Crippen molar-refractivity contribution in [3.05, 3.63) is 200 Å². The molecule has 0 radical (unpaired) electrons. The van der Waals surface area contributed by atoms with Crippen LogP contribution in [-0.4, -0.2) is 0 Å². The minimum Gasteiger partial charge on any atom is -0.455 e. The van der Waals surface area contributed by atoms with Crippen molar-refractivity contribution < 1.29 is 4.42 Å². The summed E-state index contributed by atoms with van der Waals surface area (Å²) >= 11 is 0. The van der Waals surface area contributed by atoms with Crippen molar-refractivity contribution in [3.8, 4) is 22.3 Å². The van der Waals surface area contributed by atoms with Gasteiger partial charge in [-0.05, 0) is 108 Å². The van der Waals surface area contributed by atoms with Crippen molar-refractivity contribution in [2.24, 2.45) is 0 Å². The second-order valence-electron chi connectivity index (χ2n) is 14.0. The second-order valence-corrected chi connectivity index (χ2v) is 14.0. The third-order valence-electron chi connectivity index (χ3n) is 11.0. The van der Waals surface area contributed by atoms with Gasteiger partial charge in [0.25, 0.3) is 0 Å². The van der Waals surface area contributed by atoms with Crippen molar-refractivity contribution in [2.75, 3.05) is 4.90 Å². The van der Waals surface area contributed by atoms with Crippen LogP contribution >= 0.6 is 0 Å². The quantitative estimate of drug-likeness (QED) is 0.168. The number of nitrogens with zero attached hydrogens (tertiary/aromatic N) is 1. The van der Waals surface area contributed by atoms with Crippen LogP contribution in [0.5, 0.6) is 0 Å². The average molecular weight is 688 g/mol. The van der Waals surface area contributed by atoms with Gasteiger partial charge < -0.3 is 9.32 Å². The summed E-state index contributed by atoms with van der Waals surface area (Å²) in [6.07, 6.45) is 0. The molecular formula is C52H33NO. The molecule has 2 nitrogen and oxygen atoms in total. The monoisotopic (exact) mass is 687 g/mol. The van der Waals surface area contributed by atoms with Gasteiger partial charge in [-0.15, -0.1) is 0 Å². The van der Waals surface area contributed by atoms with Crippen molar-refractivity contribution in [1.82, 2.24) is 0 Å². The molecule has 0 unspecified atom stereocenters. The van der Waals surface area contributed by atoms with Gasteiger partial charge >= 0.3 is 0 Å². The molecule has 0 aliphatic heterocycles. The highest BCUT2D eigenvalue weighted by Crippen LogP contribution is 2.48.